The number of carbonyl (C=O) groups is 1. The van der Waals surface area contributed by atoms with E-state index in [1.165, 1.54) is 23.1 Å². The lowest BCUT2D eigenvalue weighted by molar-refractivity contribution is -0.116. The summed E-state index contributed by atoms with van der Waals surface area (Å²) >= 11 is 6.14. The molecule has 0 unspecified atom stereocenters. The first-order valence-corrected chi connectivity index (χ1v) is 11.7. The molecule has 0 bridgehead atoms. The molecule has 0 saturated carbocycles. The fourth-order valence-corrected chi connectivity index (χ4v) is 4.75. The summed E-state index contributed by atoms with van der Waals surface area (Å²) in [5, 5.41) is 9.62. The Morgan fingerprint density at radius 2 is 2.21 bits per heavy atom. The van der Waals surface area contributed by atoms with Crippen molar-refractivity contribution in [3.63, 3.8) is 0 Å². The van der Waals surface area contributed by atoms with Gasteiger partial charge in [-0.25, -0.2) is 10.1 Å². The quantitative estimate of drug-likeness (QED) is 0.482. The second kappa shape index (κ2) is 9.24. The molecular formula is C18H19BrN6O2S2. The van der Waals surface area contributed by atoms with Gasteiger partial charge in [-0.05, 0) is 25.0 Å². The van der Waals surface area contributed by atoms with Crippen molar-refractivity contribution < 1.29 is 9.53 Å². The number of benzene rings is 1. The zero-order valence-corrected chi connectivity index (χ0v) is 18.6. The van der Waals surface area contributed by atoms with Gasteiger partial charge in [0.1, 0.15) is 0 Å². The van der Waals surface area contributed by atoms with Crippen LogP contribution in [-0.2, 0) is 9.53 Å². The van der Waals surface area contributed by atoms with Crippen molar-refractivity contribution >= 4 is 56.0 Å². The topological polar surface area (TPSA) is 110 Å². The standard InChI is InChI=1S/C18H19BrN6O2S2/c19-12-5-3-11(4-6-12)14-9-29-18(21-14)25(8-13-2-1-7-27-13)15(26)10-28-17-22-16(20)23-24-17/h3-6,9,13H,1-2,7-8,10H2,(H3,20,22,23,24)/t13-/m1/s1. The molecule has 8 nitrogen and oxygen atoms in total. The number of halogens is 1. The van der Waals surface area contributed by atoms with Crippen molar-refractivity contribution in [2.24, 2.45) is 0 Å². The van der Waals surface area contributed by atoms with Crippen LogP contribution in [0.4, 0.5) is 11.1 Å². The molecule has 1 aliphatic rings. The van der Waals surface area contributed by atoms with Crippen LogP contribution in [0.2, 0.25) is 0 Å². The number of nitrogens with zero attached hydrogens (tertiary/aromatic N) is 4. The lowest BCUT2D eigenvalue weighted by Gasteiger charge is -2.22. The van der Waals surface area contributed by atoms with Crippen LogP contribution in [0.25, 0.3) is 11.3 Å². The Labute approximate surface area is 184 Å². The lowest BCUT2D eigenvalue weighted by Crippen LogP contribution is -2.38. The number of rotatable bonds is 7. The smallest absolute Gasteiger partial charge is 0.239 e. The highest BCUT2D eigenvalue weighted by Crippen LogP contribution is 2.30. The summed E-state index contributed by atoms with van der Waals surface area (Å²) < 4.78 is 6.76. The van der Waals surface area contributed by atoms with Gasteiger partial charge in [0.2, 0.25) is 17.0 Å². The second-order valence-corrected chi connectivity index (χ2v) is 9.15. The average Bonchev–Trinajstić information content (AvgIpc) is 3.47. The van der Waals surface area contributed by atoms with Gasteiger partial charge >= 0.3 is 0 Å². The minimum atomic E-state index is -0.0643. The molecule has 3 N–H and O–H groups in total. The molecule has 1 amide bonds. The number of hydrogen-bond donors (Lipinski definition) is 2. The van der Waals surface area contributed by atoms with Crippen LogP contribution < -0.4 is 10.6 Å². The van der Waals surface area contributed by atoms with Crippen LogP contribution in [0, 0.1) is 0 Å². The molecule has 0 radical (unpaired) electrons. The van der Waals surface area contributed by atoms with Crippen molar-refractivity contribution in [1.29, 1.82) is 0 Å². The molecule has 29 heavy (non-hydrogen) atoms. The fourth-order valence-electron chi connectivity index (χ4n) is 2.95. The molecular weight excluding hydrogens is 476 g/mol. The van der Waals surface area contributed by atoms with Crippen molar-refractivity contribution in [2.75, 3.05) is 29.5 Å². The van der Waals surface area contributed by atoms with E-state index in [1.54, 1.807) is 4.90 Å². The predicted molar refractivity (Wildman–Crippen MR) is 118 cm³/mol. The molecule has 3 aromatic rings. The van der Waals surface area contributed by atoms with E-state index >= 15 is 0 Å². The van der Waals surface area contributed by atoms with Crippen molar-refractivity contribution in [3.05, 3.63) is 34.1 Å². The summed E-state index contributed by atoms with van der Waals surface area (Å²) in [5.74, 6) is 0.359. The number of H-pyrrole nitrogens is 1. The minimum absolute atomic E-state index is 0.0307. The number of nitrogens with one attached hydrogen (secondary N) is 1. The second-order valence-electron chi connectivity index (χ2n) is 6.45. The molecule has 3 heterocycles. The Kier molecular flexibility index (Phi) is 6.48. The Balaban J connectivity index is 1.51. The maximum Gasteiger partial charge on any atom is 0.239 e. The number of aromatic amines is 1. The molecule has 0 spiro atoms. The van der Waals surface area contributed by atoms with Crippen LogP contribution in [-0.4, -0.2) is 51.1 Å². The Bertz CT molecular complexity index is 971. The van der Waals surface area contributed by atoms with E-state index in [1.807, 2.05) is 29.6 Å². The highest BCUT2D eigenvalue weighted by atomic mass is 79.9. The highest BCUT2D eigenvalue weighted by Gasteiger charge is 2.26. The molecule has 1 fully saturated rings. The number of hydrogen-bond acceptors (Lipinski definition) is 8. The number of aromatic nitrogens is 4. The zero-order valence-electron chi connectivity index (χ0n) is 15.4. The number of nitrogen functional groups attached to an aromatic ring is 1. The molecule has 1 aromatic carbocycles. The largest absolute Gasteiger partial charge is 0.376 e. The Morgan fingerprint density at radius 1 is 1.38 bits per heavy atom. The van der Waals surface area contributed by atoms with E-state index in [2.05, 4.69) is 31.1 Å². The van der Waals surface area contributed by atoms with E-state index in [0.717, 1.165) is 35.2 Å². The van der Waals surface area contributed by atoms with Gasteiger partial charge in [0.25, 0.3) is 0 Å². The average molecular weight is 495 g/mol. The van der Waals surface area contributed by atoms with Crippen molar-refractivity contribution in [1.82, 2.24) is 20.2 Å². The first-order chi connectivity index (χ1) is 14.1. The van der Waals surface area contributed by atoms with Crippen molar-refractivity contribution in [2.45, 2.75) is 24.1 Å². The van der Waals surface area contributed by atoms with Gasteiger partial charge in [-0.15, -0.1) is 16.4 Å². The van der Waals surface area contributed by atoms with Crippen molar-refractivity contribution in [3.8, 4) is 11.3 Å². The number of nitrogens with two attached hydrogens (primary N) is 1. The lowest BCUT2D eigenvalue weighted by atomic mass is 10.2. The van der Waals surface area contributed by atoms with Crippen LogP contribution in [0.15, 0.2) is 39.3 Å². The Morgan fingerprint density at radius 3 is 2.90 bits per heavy atom. The summed E-state index contributed by atoms with van der Waals surface area (Å²) in [7, 11) is 0. The summed E-state index contributed by atoms with van der Waals surface area (Å²) in [6, 6.07) is 7.95. The summed E-state index contributed by atoms with van der Waals surface area (Å²) in [4.78, 5) is 23.5. The monoisotopic (exact) mass is 494 g/mol. The van der Waals surface area contributed by atoms with E-state index < -0.39 is 0 Å². The van der Waals surface area contributed by atoms with E-state index in [4.69, 9.17) is 15.5 Å². The first kappa shape index (κ1) is 20.3. The van der Waals surface area contributed by atoms with Gasteiger partial charge in [-0.2, -0.15) is 4.98 Å². The molecule has 2 aromatic heterocycles. The minimum Gasteiger partial charge on any atom is -0.376 e. The molecule has 0 aliphatic carbocycles. The molecule has 11 heteroatoms. The summed E-state index contributed by atoms with van der Waals surface area (Å²) in [6.07, 6.45) is 1.99. The zero-order chi connectivity index (χ0) is 20.2. The van der Waals surface area contributed by atoms with Gasteiger partial charge in [-0.3, -0.25) is 9.69 Å². The molecule has 4 rings (SSSR count). The van der Waals surface area contributed by atoms with E-state index in [9.17, 15) is 4.79 Å². The number of ether oxygens (including phenoxy) is 1. The number of thioether (sulfide) groups is 1. The van der Waals surface area contributed by atoms with Crippen LogP contribution >= 0.6 is 39.0 Å². The number of thiazole rings is 1. The number of carbonyl (C=O) groups excluding carboxylic acids is 1. The Hall–Kier alpha value is -1.95. The highest BCUT2D eigenvalue weighted by molar-refractivity contribution is 9.10. The molecule has 1 atom stereocenters. The number of anilines is 2. The first-order valence-electron chi connectivity index (χ1n) is 9.02. The normalized spacial score (nSPS) is 16.2. The van der Waals surface area contributed by atoms with Gasteiger partial charge in [0, 0.05) is 22.0 Å². The third-order valence-corrected chi connectivity index (χ3v) is 6.61. The van der Waals surface area contributed by atoms with Crippen LogP contribution in [0.1, 0.15) is 12.8 Å². The SMILES string of the molecule is Nc1nc(SCC(=O)N(C[C@H]2CCCO2)c2nc(-c3ccc(Br)cc3)cs2)n[nH]1. The van der Waals surface area contributed by atoms with Gasteiger partial charge in [-0.1, -0.05) is 39.8 Å². The van der Waals surface area contributed by atoms with E-state index in [-0.39, 0.29) is 23.7 Å². The van der Waals surface area contributed by atoms with Crippen LogP contribution in [0.3, 0.4) is 0 Å². The van der Waals surface area contributed by atoms with Gasteiger partial charge in [0.05, 0.1) is 24.1 Å². The maximum absolute atomic E-state index is 13.0. The number of amides is 1. The fraction of sp³-hybridized carbons (Fsp3) is 0.333. The van der Waals surface area contributed by atoms with Crippen LogP contribution in [0.5, 0.6) is 0 Å². The van der Waals surface area contributed by atoms with Gasteiger partial charge in [0.15, 0.2) is 5.13 Å². The summed E-state index contributed by atoms with van der Waals surface area (Å²) in [5.41, 5.74) is 7.40. The molecule has 1 saturated heterocycles. The van der Waals surface area contributed by atoms with Gasteiger partial charge < -0.3 is 10.5 Å². The van der Waals surface area contributed by atoms with E-state index in [0.29, 0.717) is 16.8 Å². The predicted octanol–water partition coefficient (Wildman–Crippen LogP) is 3.58. The third kappa shape index (κ3) is 5.16. The summed E-state index contributed by atoms with van der Waals surface area (Å²) in [6.45, 7) is 1.22. The third-order valence-electron chi connectivity index (χ3n) is 4.38. The molecule has 152 valence electrons. The molecule has 1 aliphatic heterocycles. The maximum atomic E-state index is 13.0.